The average Bonchev–Trinajstić information content (AvgIpc) is 3.59. The highest BCUT2D eigenvalue weighted by atomic mass is 32.2. The van der Waals surface area contributed by atoms with E-state index in [0.29, 0.717) is 17.3 Å². The molecule has 0 aromatic heterocycles. The Kier molecular flexibility index (Phi) is 5.56. The number of nitrogen functional groups attached to an aromatic ring is 1. The number of nitrogens with zero attached hydrogens (tertiary/aromatic N) is 3. The third-order valence-corrected chi connectivity index (χ3v) is 7.78. The van der Waals surface area contributed by atoms with Gasteiger partial charge in [-0.2, -0.15) is 5.26 Å². The molecule has 0 spiro atoms. The van der Waals surface area contributed by atoms with Crippen molar-refractivity contribution in [2.24, 2.45) is 0 Å². The fourth-order valence-electron chi connectivity index (χ4n) is 4.37. The first-order valence-corrected chi connectivity index (χ1v) is 12.0. The number of nitriles is 1. The Labute approximate surface area is 189 Å². The summed E-state index contributed by atoms with van der Waals surface area (Å²) in [7, 11) is 2.11. The summed E-state index contributed by atoms with van der Waals surface area (Å²) in [5, 5.41) is 14.2. The van der Waals surface area contributed by atoms with Crippen LogP contribution in [0.3, 0.4) is 0 Å². The van der Waals surface area contributed by atoms with Crippen molar-refractivity contribution >= 4 is 29.4 Å². The van der Waals surface area contributed by atoms with Gasteiger partial charge in [0.2, 0.25) is 0 Å². The smallest absolute Gasteiger partial charge is 0.101 e. The molecule has 0 bridgehead atoms. The van der Waals surface area contributed by atoms with Crippen LogP contribution in [0.2, 0.25) is 0 Å². The maximum atomic E-state index is 9.40. The summed E-state index contributed by atoms with van der Waals surface area (Å²) in [6, 6.07) is 12.9. The molecule has 2 aromatic carbocycles. The van der Waals surface area contributed by atoms with Gasteiger partial charge in [-0.3, -0.25) is 4.31 Å². The number of nitrogens with two attached hydrogens (primary N) is 1. The average molecular weight is 432 g/mol. The number of anilines is 2. The summed E-state index contributed by atoms with van der Waals surface area (Å²) in [4.78, 5) is 2.22. The highest BCUT2D eigenvalue weighted by Gasteiger charge is 2.28. The molecule has 2 fully saturated rings. The number of fused-ring (bicyclic) bond motifs is 1. The minimum atomic E-state index is 0.493. The van der Waals surface area contributed by atoms with Crippen LogP contribution in [-0.4, -0.2) is 40.6 Å². The molecule has 0 radical (unpaired) electrons. The van der Waals surface area contributed by atoms with Crippen molar-refractivity contribution in [3.05, 3.63) is 53.2 Å². The second-order valence-electron chi connectivity index (χ2n) is 8.89. The van der Waals surface area contributed by atoms with E-state index in [1.54, 1.807) is 0 Å². The predicted molar refractivity (Wildman–Crippen MR) is 130 cm³/mol. The summed E-state index contributed by atoms with van der Waals surface area (Å²) in [5.74, 6) is 0. The predicted octanol–water partition coefficient (Wildman–Crippen LogP) is 4.91. The van der Waals surface area contributed by atoms with E-state index in [2.05, 4.69) is 64.0 Å². The van der Waals surface area contributed by atoms with Gasteiger partial charge in [-0.15, -0.1) is 0 Å². The Morgan fingerprint density at radius 3 is 2.65 bits per heavy atom. The molecule has 1 saturated heterocycles. The third kappa shape index (κ3) is 4.53. The van der Waals surface area contributed by atoms with E-state index in [1.165, 1.54) is 42.5 Å². The minimum absolute atomic E-state index is 0.493. The van der Waals surface area contributed by atoms with Gasteiger partial charge < -0.3 is 16.0 Å². The lowest BCUT2D eigenvalue weighted by atomic mass is 9.93. The molecule has 2 aliphatic heterocycles. The van der Waals surface area contributed by atoms with Crippen molar-refractivity contribution in [2.45, 2.75) is 43.5 Å². The van der Waals surface area contributed by atoms with Gasteiger partial charge in [0.05, 0.1) is 5.56 Å². The van der Waals surface area contributed by atoms with Gasteiger partial charge in [0.1, 0.15) is 6.07 Å². The van der Waals surface area contributed by atoms with E-state index in [4.69, 9.17) is 5.73 Å². The van der Waals surface area contributed by atoms with Crippen LogP contribution in [0.4, 0.5) is 11.4 Å². The summed E-state index contributed by atoms with van der Waals surface area (Å²) < 4.78 is 2.57. The van der Waals surface area contributed by atoms with Crippen molar-refractivity contribution < 1.29 is 0 Å². The van der Waals surface area contributed by atoms with Crippen molar-refractivity contribution in [1.82, 2.24) is 9.21 Å². The standard InChI is InChI=1S/C25H29N5S/c1-29-9-6-18-13-19(17-2-5-24(27)20(12-17)15-26)14-25(23(18)16-29)28-21-7-10-30(11-8-21)31-22-3-4-22/h2,5-6,9,12-14,21-22,28H,3-4,7-8,10-11,16,27H2,1H3. The molecular formula is C25H29N5S. The molecule has 160 valence electrons. The first kappa shape index (κ1) is 20.3. The van der Waals surface area contributed by atoms with Crippen LogP contribution in [0, 0.1) is 11.3 Å². The van der Waals surface area contributed by atoms with Crippen LogP contribution in [0.1, 0.15) is 42.4 Å². The van der Waals surface area contributed by atoms with E-state index < -0.39 is 0 Å². The molecule has 0 amide bonds. The molecule has 0 unspecified atom stereocenters. The Bertz CT molecular complexity index is 1040. The molecule has 2 aromatic rings. The molecule has 0 atom stereocenters. The third-order valence-electron chi connectivity index (χ3n) is 6.34. The van der Waals surface area contributed by atoms with Crippen molar-refractivity contribution in [1.29, 1.82) is 5.26 Å². The van der Waals surface area contributed by atoms with Crippen LogP contribution in [0.25, 0.3) is 17.2 Å². The highest BCUT2D eigenvalue weighted by molar-refractivity contribution is 7.97. The molecule has 5 rings (SSSR count). The molecule has 31 heavy (non-hydrogen) atoms. The summed E-state index contributed by atoms with van der Waals surface area (Å²) >= 11 is 2.08. The molecule has 1 aliphatic carbocycles. The van der Waals surface area contributed by atoms with Crippen LogP contribution < -0.4 is 11.1 Å². The lowest BCUT2D eigenvalue weighted by Gasteiger charge is -2.33. The maximum absolute atomic E-state index is 9.40. The van der Waals surface area contributed by atoms with Gasteiger partial charge in [-0.25, -0.2) is 0 Å². The molecular weight excluding hydrogens is 402 g/mol. The van der Waals surface area contributed by atoms with Gasteiger partial charge in [-0.1, -0.05) is 18.0 Å². The molecule has 5 nitrogen and oxygen atoms in total. The molecule has 2 heterocycles. The second kappa shape index (κ2) is 8.49. The fraction of sp³-hybridized carbons (Fsp3) is 0.400. The van der Waals surface area contributed by atoms with Gasteiger partial charge in [0, 0.05) is 54.9 Å². The molecule has 3 N–H and O–H groups in total. The quantitative estimate of drug-likeness (QED) is 0.518. The van der Waals surface area contributed by atoms with Crippen molar-refractivity contribution in [3.63, 3.8) is 0 Å². The second-order valence-corrected chi connectivity index (χ2v) is 10.3. The van der Waals surface area contributed by atoms with Gasteiger partial charge in [0.25, 0.3) is 0 Å². The molecule has 1 saturated carbocycles. The zero-order valence-corrected chi connectivity index (χ0v) is 18.8. The lowest BCUT2D eigenvalue weighted by Crippen LogP contribution is -2.36. The number of rotatable bonds is 5. The summed E-state index contributed by atoms with van der Waals surface area (Å²) in [6.07, 6.45) is 9.44. The van der Waals surface area contributed by atoms with Crippen molar-refractivity contribution in [3.8, 4) is 17.2 Å². The topological polar surface area (TPSA) is 68.3 Å². The Hall–Kier alpha value is -2.62. The first-order chi connectivity index (χ1) is 15.1. The largest absolute Gasteiger partial charge is 0.398 e. The normalized spacial score (nSPS) is 19.2. The highest BCUT2D eigenvalue weighted by Crippen LogP contribution is 2.38. The zero-order valence-electron chi connectivity index (χ0n) is 18.0. The number of nitrogens with one attached hydrogen (secondary N) is 1. The van der Waals surface area contributed by atoms with E-state index >= 15 is 0 Å². The Balaban J connectivity index is 1.41. The van der Waals surface area contributed by atoms with E-state index in [-0.39, 0.29) is 0 Å². The van der Waals surface area contributed by atoms with Crippen LogP contribution in [0.15, 0.2) is 36.5 Å². The number of hydrogen-bond acceptors (Lipinski definition) is 6. The van der Waals surface area contributed by atoms with Crippen LogP contribution in [0.5, 0.6) is 0 Å². The Morgan fingerprint density at radius 1 is 1.10 bits per heavy atom. The summed E-state index contributed by atoms with van der Waals surface area (Å²) in [6.45, 7) is 3.21. The minimum Gasteiger partial charge on any atom is -0.398 e. The van der Waals surface area contributed by atoms with Gasteiger partial charge >= 0.3 is 0 Å². The van der Waals surface area contributed by atoms with E-state index in [9.17, 15) is 5.26 Å². The van der Waals surface area contributed by atoms with Crippen LogP contribution >= 0.6 is 11.9 Å². The Morgan fingerprint density at radius 2 is 1.90 bits per heavy atom. The van der Waals surface area contributed by atoms with Gasteiger partial charge in [-0.05, 0) is 78.9 Å². The summed E-state index contributed by atoms with van der Waals surface area (Å²) in [5.41, 5.74) is 13.0. The fourth-order valence-corrected chi connectivity index (χ4v) is 5.56. The number of piperidine rings is 1. The van der Waals surface area contributed by atoms with E-state index in [1.807, 2.05) is 18.2 Å². The SMILES string of the molecule is CN1C=Cc2cc(-c3ccc(N)c(C#N)c3)cc(NC3CCN(SC4CC4)CC3)c2C1. The van der Waals surface area contributed by atoms with Crippen molar-refractivity contribution in [2.75, 3.05) is 31.2 Å². The van der Waals surface area contributed by atoms with E-state index in [0.717, 1.165) is 36.0 Å². The van der Waals surface area contributed by atoms with Crippen LogP contribution in [-0.2, 0) is 6.54 Å². The first-order valence-electron chi connectivity index (χ1n) is 11.1. The maximum Gasteiger partial charge on any atom is 0.101 e. The lowest BCUT2D eigenvalue weighted by molar-refractivity contribution is 0.358. The van der Waals surface area contributed by atoms with Gasteiger partial charge in [0.15, 0.2) is 0 Å². The molecule has 6 heteroatoms. The molecule has 3 aliphatic rings. The number of benzene rings is 2. The zero-order chi connectivity index (χ0) is 21.4. The monoisotopic (exact) mass is 431 g/mol. The number of hydrogen-bond donors (Lipinski definition) is 2.